The highest BCUT2D eigenvalue weighted by Crippen LogP contribution is 2.24. The van der Waals surface area contributed by atoms with Gasteiger partial charge in [0.25, 0.3) is 0 Å². The van der Waals surface area contributed by atoms with Crippen LogP contribution in [0, 0.1) is 11.8 Å². The largest absolute Gasteiger partial charge is 0.507 e. The molecule has 3 N–H and O–H groups in total. The number of amides is 1. The summed E-state index contributed by atoms with van der Waals surface area (Å²) >= 11 is 0. The van der Waals surface area contributed by atoms with Crippen LogP contribution in [-0.2, 0) is 14.3 Å². The Bertz CT molecular complexity index is 1160. The number of rotatable bonds is 24. The van der Waals surface area contributed by atoms with Gasteiger partial charge >= 0.3 is 5.97 Å². The zero-order valence-electron chi connectivity index (χ0n) is 27.8. The molecule has 1 aromatic rings. The van der Waals surface area contributed by atoms with E-state index in [1.54, 1.807) is 0 Å². The molecule has 0 radical (unpaired) electrons. The van der Waals surface area contributed by atoms with Gasteiger partial charge in [-0.25, -0.2) is 4.79 Å². The summed E-state index contributed by atoms with van der Waals surface area (Å²) in [6.07, 6.45) is 30.1. The second-order valence-electron chi connectivity index (χ2n) is 11.5. The summed E-state index contributed by atoms with van der Waals surface area (Å²) in [6.45, 7) is 8.50. The highest BCUT2D eigenvalue weighted by Gasteiger charge is 2.27. The number of aromatic carboxylic acids is 1. The number of carboxylic acids is 1. The van der Waals surface area contributed by atoms with Crippen molar-refractivity contribution in [3.8, 4) is 5.75 Å². The maximum Gasteiger partial charge on any atom is 0.339 e. The fourth-order valence-electron chi connectivity index (χ4n) is 4.65. The first-order valence-electron chi connectivity index (χ1n) is 16.5. The third-order valence-electron chi connectivity index (χ3n) is 7.04. The standard InChI is InChI=1S/C38H55NO6/c1-5-7-8-9-10-11-12-13-14-15-16-17-18-19-20-21-22-23-26-45-36(6-2)35(41)28-31(27-30(3)4)37(42)39-32-24-25-34(40)33(29-32)38(43)44/h7-8,10-11,13-14,16-17,19-20,24-25,29-31,36,40H,5-6,9,12,15,18,21-23,26-28H2,1-4H3,(H,39,42)(H,43,44)/b8-7-,11-10-,14-13-,17-16-,20-19-. The van der Waals surface area contributed by atoms with Gasteiger partial charge in [0.1, 0.15) is 17.4 Å². The Kier molecular flexibility index (Phi) is 21.5. The average molecular weight is 622 g/mol. The number of benzene rings is 1. The van der Waals surface area contributed by atoms with E-state index >= 15 is 0 Å². The first kappa shape index (κ1) is 39.3. The normalized spacial score (nSPS) is 13.6. The Balaban J connectivity index is 2.37. The predicted octanol–water partition coefficient (Wildman–Crippen LogP) is 9.37. The molecule has 7 heteroatoms. The maximum atomic E-state index is 13.1. The van der Waals surface area contributed by atoms with Crippen LogP contribution >= 0.6 is 0 Å². The molecular formula is C38H55NO6. The molecule has 0 saturated carbocycles. The van der Waals surface area contributed by atoms with Crippen LogP contribution in [0.5, 0.6) is 5.75 Å². The van der Waals surface area contributed by atoms with E-state index < -0.39 is 18.0 Å². The number of ether oxygens (including phenoxy) is 1. The van der Waals surface area contributed by atoms with Crippen molar-refractivity contribution >= 4 is 23.3 Å². The van der Waals surface area contributed by atoms with Gasteiger partial charge in [-0.05, 0) is 88.3 Å². The summed E-state index contributed by atoms with van der Waals surface area (Å²) in [5, 5.41) is 21.7. The number of phenols is 1. The fraction of sp³-hybridized carbons (Fsp3) is 0.500. The summed E-state index contributed by atoms with van der Waals surface area (Å²) < 4.78 is 5.92. The van der Waals surface area contributed by atoms with Crippen molar-refractivity contribution in [1.29, 1.82) is 0 Å². The summed E-state index contributed by atoms with van der Waals surface area (Å²) in [4.78, 5) is 37.5. The quantitative estimate of drug-likeness (QED) is 0.0602. The smallest absolute Gasteiger partial charge is 0.339 e. The number of ketones is 1. The third-order valence-corrected chi connectivity index (χ3v) is 7.04. The Hall–Kier alpha value is -3.71. The second-order valence-corrected chi connectivity index (χ2v) is 11.5. The first-order valence-corrected chi connectivity index (χ1v) is 16.5. The van der Waals surface area contributed by atoms with Crippen LogP contribution in [0.3, 0.4) is 0 Å². The van der Waals surface area contributed by atoms with Crippen molar-refractivity contribution in [2.45, 2.75) is 104 Å². The van der Waals surface area contributed by atoms with Crippen LogP contribution in [0.15, 0.2) is 79.0 Å². The summed E-state index contributed by atoms with van der Waals surface area (Å²) in [5.41, 5.74) is -0.0442. The lowest BCUT2D eigenvalue weighted by atomic mass is 9.90. The topological polar surface area (TPSA) is 113 Å². The molecule has 0 aliphatic heterocycles. The van der Waals surface area contributed by atoms with E-state index in [0.717, 1.165) is 51.4 Å². The molecule has 45 heavy (non-hydrogen) atoms. The number of unbranched alkanes of at least 4 members (excludes halogenated alkanes) is 2. The molecule has 0 aliphatic carbocycles. The Labute approximate surface area is 270 Å². The molecule has 0 aliphatic rings. The van der Waals surface area contributed by atoms with Gasteiger partial charge in [0.2, 0.25) is 5.91 Å². The highest BCUT2D eigenvalue weighted by atomic mass is 16.5. The number of anilines is 1. The zero-order valence-corrected chi connectivity index (χ0v) is 27.8. The van der Waals surface area contributed by atoms with Crippen LogP contribution < -0.4 is 5.32 Å². The maximum absolute atomic E-state index is 13.1. The molecule has 1 amide bonds. The van der Waals surface area contributed by atoms with E-state index in [1.807, 2.05) is 20.8 Å². The number of carbonyl (C=O) groups is 3. The molecule has 0 heterocycles. The van der Waals surface area contributed by atoms with Gasteiger partial charge in [-0.3, -0.25) is 9.59 Å². The van der Waals surface area contributed by atoms with Crippen molar-refractivity contribution in [3.05, 3.63) is 84.5 Å². The molecule has 0 aromatic heterocycles. The van der Waals surface area contributed by atoms with Gasteiger partial charge in [0.15, 0.2) is 5.78 Å². The van der Waals surface area contributed by atoms with Crippen molar-refractivity contribution in [2.75, 3.05) is 11.9 Å². The number of hydrogen-bond acceptors (Lipinski definition) is 5. The van der Waals surface area contributed by atoms with Gasteiger partial charge in [0.05, 0.1) is 0 Å². The molecule has 2 unspecified atom stereocenters. The fourth-order valence-corrected chi connectivity index (χ4v) is 4.65. The van der Waals surface area contributed by atoms with E-state index in [9.17, 15) is 24.6 Å². The minimum absolute atomic E-state index is 0.0480. The lowest BCUT2D eigenvalue weighted by molar-refractivity contribution is -0.134. The Morgan fingerprint density at radius 2 is 1.42 bits per heavy atom. The summed E-state index contributed by atoms with van der Waals surface area (Å²) in [5.74, 6) is -2.53. The molecule has 248 valence electrons. The van der Waals surface area contributed by atoms with Gasteiger partial charge in [-0.15, -0.1) is 0 Å². The number of Topliss-reactive ketones (excluding diaryl/α,β-unsaturated/α-hetero) is 1. The van der Waals surface area contributed by atoms with Gasteiger partial charge in [-0.2, -0.15) is 0 Å². The van der Waals surface area contributed by atoms with Crippen molar-refractivity contribution in [1.82, 2.24) is 0 Å². The van der Waals surface area contributed by atoms with E-state index in [2.05, 4.69) is 73.0 Å². The molecule has 0 bridgehead atoms. The summed E-state index contributed by atoms with van der Waals surface area (Å²) in [6, 6.07) is 3.87. The number of nitrogens with one attached hydrogen (secondary N) is 1. The molecule has 1 rings (SSSR count). The SMILES string of the molecule is CC/C=C\C/C=C\C/C=C\C/C=C\C/C=C\CCCCOC(CC)C(=O)CC(CC(C)C)C(=O)Nc1ccc(O)c(C(=O)O)c1. The molecule has 0 fully saturated rings. The lowest BCUT2D eigenvalue weighted by Crippen LogP contribution is -2.32. The monoisotopic (exact) mass is 621 g/mol. The molecule has 0 spiro atoms. The predicted molar refractivity (Wildman–Crippen MR) is 185 cm³/mol. The van der Waals surface area contributed by atoms with Crippen molar-refractivity contribution in [2.24, 2.45) is 11.8 Å². The van der Waals surface area contributed by atoms with Gasteiger partial charge in [-0.1, -0.05) is 88.5 Å². The van der Waals surface area contributed by atoms with E-state index in [4.69, 9.17) is 4.74 Å². The van der Waals surface area contributed by atoms with Crippen LogP contribution in [0.2, 0.25) is 0 Å². The van der Waals surface area contributed by atoms with Gasteiger partial charge < -0.3 is 20.3 Å². The van der Waals surface area contributed by atoms with Crippen molar-refractivity contribution < 1.29 is 29.3 Å². The minimum Gasteiger partial charge on any atom is -0.507 e. The second kappa shape index (κ2) is 24.6. The molecule has 0 saturated heterocycles. The lowest BCUT2D eigenvalue weighted by Gasteiger charge is -2.21. The molecule has 7 nitrogen and oxygen atoms in total. The number of aromatic hydroxyl groups is 1. The Morgan fingerprint density at radius 3 is 1.96 bits per heavy atom. The zero-order chi connectivity index (χ0) is 33.3. The number of carbonyl (C=O) groups excluding carboxylic acids is 2. The van der Waals surface area contributed by atoms with Crippen LogP contribution in [0.25, 0.3) is 0 Å². The number of hydrogen-bond donors (Lipinski definition) is 3. The van der Waals surface area contributed by atoms with E-state index in [1.165, 1.54) is 18.2 Å². The third kappa shape index (κ3) is 18.6. The van der Waals surface area contributed by atoms with Gasteiger partial charge in [0, 0.05) is 24.6 Å². The number of carboxylic acid groups (broad SMARTS) is 1. The minimum atomic E-state index is -1.29. The highest BCUT2D eigenvalue weighted by molar-refractivity contribution is 5.98. The molecule has 1 aromatic carbocycles. The van der Waals surface area contributed by atoms with E-state index in [0.29, 0.717) is 19.4 Å². The average Bonchev–Trinajstić information content (AvgIpc) is 3.00. The van der Waals surface area contributed by atoms with Crippen LogP contribution in [0.4, 0.5) is 5.69 Å². The van der Waals surface area contributed by atoms with Crippen molar-refractivity contribution in [3.63, 3.8) is 0 Å². The van der Waals surface area contributed by atoms with Crippen LogP contribution in [-0.4, -0.2) is 40.6 Å². The first-order chi connectivity index (χ1) is 21.7. The van der Waals surface area contributed by atoms with Crippen LogP contribution in [0.1, 0.15) is 109 Å². The Morgan fingerprint density at radius 1 is 0.844 bits per heavy atom. The van der Waals surface area contributed by atoms with E-state index in [-0.39, 0.29) is 41.0 Å². The molecule has 2 atom stereocenters. The number of allylic oxidation sites excluding steroid dienone is 10. The molecular weight excluding hydrogens is 566 g/mol. The summed E-state index contributed by atoms with van der Waals surface area (Å²) in [7, 11) is 0.